The fourth-order valence-corrected chi connectivity index (χ4v) is 3.95. The van der Waals surface area contributed by atoms with Crippen LogP contribution in [0.1, 0.15) is 28.8 Å². The molecule has 0 bridgehead atoms. The van der Waals surface area contributed by atoms with E-state index in [4.69, 9.17) is 5.11 Å². The number of aryl methyl sites for hydroxylation is 1. The van der Waals surface area contributed by atoms with Crippen LogP contribution in [0.4, 0.5) is 0 Å². The molecule has 6 nitrogen and oxygen atoms in total. The molecule has 1 aromatic rings. The summed E-state index contributed by atoms with van der Waals surface area (Å²) in [5.41, 5.74) is 1.08. The maximum Gasteiger partial charge on any atom is 0.335 e. The van der Waals surface area contributed by atoms with Crippen molar-refractivity contribution in [3.05, 3.63) is 35.4 Å². The largest absolute Gasteiger partial charge is 0.478 e. The van der Waals surface area contributed by atoms with Crippen molar-refractivity contribution in [1.29, 1.82) is 0 Å². The minimum atomic E-state index is -2.99. The van der Waals surface area contributed by atoms with Gasteiger partial charge in [0.1, 0.15) is 0 Å². The average Bonchev–Trinajstić information content (AvgIpc) is 2.76. The highest BCUT2D eigenvalue weighted by atomic mass is 32.2. The van der Waals surface area contributed by atoms with E-state index in [9.17, 15) is 18.0 Å². The molecule has 2 rings (SSSR count). The summed E-state index contributed by atoms with van der Waals surface area (Å²) < 4.78 is 22.6. The van der Waals surface area contributed by atoms with Gasteiger partial charge in [0.15, 0.2) is 9.84 Å². The zero-order valence-electron chi connectivity index (χ0n) is 11.4. The Kier molecular flexibility index (Phi) is 4.62. The smallest absolute Gasteiger partial charge is 0.335 e. The molecule has 114 valence electrons. The highest BCUT2D eigenvalue weighted by Gasteiger charge is 2.28. The van der Waals surface area contributed by atoms with Gasteiger partial charge in [-0.15, -0.1) is 0 Å². The molecular weight excluding hydrogens is 294 g/mol. The predicted octanol–water partition coefficient (Wildman–Crippen LogP) is 0.621. The Hall–Kier alpha value is -1.89. The van der Waals surface area contributed by atoms with E-state index in [2.05, 4.69) is 5.32 Å². The van der Waals surface area contributed by atoms with Gasteiger partial charge in [0, 0.05) is 12.5 Å². The topological polar surface area (TPSA) is 101 Å². The molecule has 0 aliphatic carbocycles. The number of nitrogens with one attached hydrogen (secondary N) is 1. The molecule has 1 amide bonds. The lowest BCUT2D eigenvalue weighted by atomic mass is 10.1. The third-order valence-corrected chi connectivity index (χ3v) is 5.21. The number of carboxylic acid groups (broad SMARTS) is 1. The number of carboxylic acids is 1. The van der Waals surface area contributed by atoms with Gasteiger partial charge in [-0.2, -0.15) is 0 Å². The molecule has 1 saturated heterocycles. The number of benzene rings is 1. The fraction of sp³-hybridized carbons (Fsp3) is 0.429. The van der Waals surface area contributed by atoms with Crippen LogP contribution in [0.15, 0.2) is 24.3 Å². The van der Waals surface area contributed by atoms with Crippen LogP contribution in [0, 0.1) is 0 Å². The molecule has 1 atom stereocenters. The van der Waals surface area contributed by atoms with E-state index in [0.717, 1.165) is 5.56 Å². The van der Waals surface area contributed by atoms with E-state index in [1.807, 2.05) is 0 Å². The fourth-order valence-electron chi connectivity index (χ4n) is 2.28. The first-order valence-corrected chi connectivity index (χ1v) is 8.50. The molecule has 1 heterocycles. The molecule has 1 unspecified atom stereocenters. The first kappa shape index (κ1) is 15.5. The Morgan fingerprint density at radius 3 is 2.43 bits per heavy atom. The summed E-state index contributed by atoms with van der Waals surface area (Å²) in [6.45, 7) is 0. The summed E-state index contributed by atoms with van der Waals surface area (Å²) in [6, 6.07) is 6.07. The van der Waals surface area contributed by atoms with E-state index in [-0.39, 0.29) is 35.4 Å². The molecule has 0 aromatic heterocycles. The average molecular weight is 311 g/mol. The number of carbonyl (C=O) groups is 2. The zero-order chi connectivity index (χ0) is 15.5. The van der Waals surface area contributed by atoms with E-state index in [1.165, 1.54) is 12.1 Å². The maximum atomic E-state index is 11.8. The number of sulfone groups is 1. The molecule has 1 aromatic carbocycles. The number of rotatable bonds is 5. The molecule has 1 aliphatic rings. The zero-order valence-corrected chi connectivity index (χ0v) is 12.2. The summed E-state index contributed by atoms with van der Waals surface area (Å²) in [5, 5.41) is 11.5. The highest BCUT2D eigenvalue weighted by Crippen LogP contribution is 2.12. The van der Waals surface area contributed by atoms with Crippen LogP contribution < -0.4 is 5.32 Å². The number of carbonyl (C=O) groups excluding carboxylic acids is 1. The summed E-state index contributed by atoms with van der Waals surface area (Å²) in [5.74, 6) is -1.01. The van der Waals surface area contributed by atoms with Crippen LogP contribution in [0.3, 0.4) is 0 Å². The van der Waals surface area contributed by atoms with Crippen LogP contribution in [-0.4, -0.2) is 42.9 Å². The molecule has 1 fully saturated rings. The highest BCUT2D eigenvalue weighted by molar-refractivity contribution is 7.91. The van der Waals surface area contributed by atoms with Gasteiger partial charge in [0.05, 0.1) is 17.1 Å². The third kappa shape index (κ3) is 4.56. The number of amides is 1. The lowest BCUT2D eigenvalue weighted by molar-refractivity contribution is -0.121. The van der Waals surface area contributed by atoms with Crippen molar-refractivity contribution < 1.29 is 23.1 Å². The van der Waals surface area contributed by atoms with E-state index in [0.29, 0.717) is 12.8 Å². The van der Waals surface area contributed by atoms with Gasteiger partial charge in [-0.3, -0.25) is 4.79 Å². The monoisotopic (exact) mass is 311 g/mol. The molecule has 7 heteroatoms. The van der Waals surface area contributed by atoms with Crippen molar-refractivity contribution in [2.45, 2.75) is 25.3 Å². The first-order chi connectivity index (χ1) is 9.85. The van der Waals surface area contributed by atoms with Crippen molar-refractivity contribution >= 4 is 21.7 Å². The second-order valence-electron chi connectivity index (χ2n) is 5.17. The second-order valence-corrected chi connectivity index (χ2v) is 7.40. The number of hydrogen-bond donors (Lipinski definition) is 2. The molecule has 0 spiro atoms. The molecule has 1 aliphatic heterocycles. The second kappa shape index (κ2) is 6.26. The summed E-state index contributed by atoms with van der Waals surface area (Å²) >= 11 is 0. The van der Waals surface area contributed by atoms with Gasteiger partial charge in [0.2, 0.25) is 5.91 Å². The number of aromatic carboxylic acids is 1. The normalized spacial score (nSPS) is 20.1. The molecule has 0 saturated carbocycles. The summed E-state index contributed by atoms with van der Waals surface area (Å²) in [4.78, 5) is 22.5. The van der Waals surface area contributed by atoms with Crippen LogP contribution >= 0.6 is 0 Å². The minimum absolute atomic E-state index is 0.0199. The van der Waals surface area contributed by atoms with E-state index >= 15 is 0 Å². The molecule has 2 N–H and O–H groups in total. The van der Waals surface area contributed by atoms with Crippen molar-refractivity contribution in [3.63, 3.8) is 0 Å². The van der Waals surface area contributed by atoms with Crippen molar-refractivity contribution in [3.8, 4) is 0 Å². The van der Waals surface area contributed by atoms with E-state index in [1.54, 1.807) is 12.1 Å². The van der Waals surface area contributed by atoms with Crippen molar-refractivity contribution in [2.24, 2.45) is 0 Å². The lowest BCUT2D eigenvalue weighted by Crippen LogP contribution is -2.35. The van der Waals surface area contributed by atoms with Crippen LogP contribution in [0.25, 0.3) is 0 Å². The van der Waals surface area contributed by atoms with Gasteiger partial charge in [-0.1, -0.05) is 12.1 Å². The van der Waals surface area contributed by atoms with Crippen LogP contribution in [0.2, 0.25) is 0 Å². The Bertz CT molecular complexity index is 636. The Morgan fingerprint density at radius 1 is 1.24 bits per heavy atom. The Labute approximate surface area is 123 Å². The van der Waals surface area contributed by atoms with Crippen molar-refractivity contribution in [2.75, 3.05) is 11.5 Å². The standard InChI is InChI=1S/C14H17NO5S/c16-13(15-12-7-8-21(19,20)9-12)6-3-10-1-4-11(5-2-10)14(17)18/h1-2,4-5,12H,3,6-9H2,(H,15,16)(H,17,18). The van der Waals surface area contributed by atoms with Crippen LogP contribution in [-0.2, 0) is 21.1 Å². The quantitative estimate of drug-likeness (QED) is 0.830. The lowest BCUT2D eigenvalue weighted by Gasteiger charge is -2.10. The van der Waals surface area contributed by atoms with E-state index < -0.39 is 15.8 Å². The Balaban J connectivity index is 1.80. The number of hydrogen-bond acceptors (Lipinski definition) is 4. The minimum Gasteiger partial charge on any atom is -0.478 e. The van der Waals surface area contributed by atoms with Crippen molar-refractivity contribution in [1.82, 2.24) is 5.32 Å². The first-order valence-electron chi connectivity index (χ1n) is 6.68. The van der Waals surface area contributed by atoms with Gasteiger partial charge in [-0.25, -0.2) is 13.2 Å². The van der Waals surface area contributed by atoms with Crippen LogP contribution in [0.5, 0.6) is 0 Å². The SMILES string of the molecule is O=C(CCc1ccc(C(=O)O)cc1)NC1CCS(=O)(=O)C1. The summed E-state index contributed by atoms with van der Waals surface area (Å²) in [6.07, 6.45) is 1.22. The van der Waals surface area contributed by atoms with Gasteiger partial charge in [0.25, 0.3) is 0 Å². The molecule has 0 radical (unpaired) electrons. The predicted molar refractivity (Wildman–Crippen MR) is 76.9 cm³/mol. The molecular formula is C14H17NO5S. The van der Waals surface area contributed by atoms with Gasteiger partial charge < -0.3 is 10.4 Å². The third-order valence-electron chi connectivity index (χ3n) is 3.44. The van der Waals surface area contributed by atoms with Gasteiger partial charge in [-0.05, 0) is 30.5 Å². The summed E-state index contributed by atoms with van der Waals surface area (Å²) in [7, 11) is -2.99. The van der Waals surface area contributed by atoms with Gasteiger partial charge >= 0.3 is 5.97 Å². The Morgan fingerprint density at radius 2 is 1.90 bits per heavy atom. The maximum absolute atomic E-state index is 11.8. The molecule has 21 heavy (non-hydrogen) atoms.